The van der Waals surface area contributed by atoms with Crippen LogP contribution in [0.5, 0.6) is 5.75 Å². The summed E-state index contributed by atoms with van der Waals surface area (Å²) in [7, 11) is -2.52. The fourth-order valence-electron chi connectivity index (χ4n) is 2.39. The van der Waals surface area contributed by atoms with Gasteiger partial charge in [0.1, 0.15) is 10.6 Å². The minimum Gasteiger partial charge on any atom is -0.495 e. The van der Waals surface area contributed by atoms with Gasteiger partial charge in [0.15, 0.2) is 0 Å². The molecule has 0 aliphatic heterocycles. The number of hydrogen-bond donors (Lipinski definition) is 3. The first-order chi connectivity index (χ1) is 13.2. The first-order valence-electron chi connectivity index (χ1n) is 8.56. The van der Waals surface area contributed by atoms with Crippen LogP contribution < -0.4 is 20.1 Å². The van der Waals surface area contributed by atoms with Crippen LogP contribution in [0, 0.1) is 0 Å². The van der Waals surface area contributed by atoms with Gasteiger partial charge >= 0.3 is 0 Å². The molecule has 28 heavy (non-hydrogen) atoms. The highest BCUT2D eigenvalue weighted by Gasteiger charge is 2.22. The van der Waals surface area contributed by atoms with E-state index in [1.807, 2.05) is 6.07 Å². The van der Waals surface area contributed by atoms with Gasteiger partial charge < -0.3 is 15.4 Å². The monoisotopic (exact) mass is 405 g/mol. The summed E-state index contributed by atoms with van der Waals surface area (Å²) >= 11 is 0. The second kappa shape index (κ2) is 9.34. The maximum atomic E-state index is 12.5. The van der Waals surface area contributed by atoms with Crippen LogP contribution >= 0.6 is 0 Å². The van der Waals surface area contributed by atoms with Crippen LogP contribution in [-0.2, 0) is 14.8 Å². The lowest BCUT2D eigenvalue weighted by Gasteiger charge is -2.14. The number of anilines is 1. The third kappa shape index (κ3) is 5.80. The number of ether oxygens (including phenoxy) is 1. The topological polar surface area (TPSA) is 114 Å². The predicted molar refractivity (Wildman–Crippen MR) is 106 cm³/mol. The Balaban J connectivity index is 2.11. The van der Waals surface area contributed by atoms with E-state index in [1.165, 1.54) is 25.3 Å². The number of sulfonamides is 1. The summed E-state index contributed by atoms with van der Waals surface area (Å²) in [6.07, 6.45) is 0. The Kier molecular flexibility index (Phi) is 7.13. The van der Waals surface area contributed by atoms with Crippen molar-refractivity contribution in [2.75, 3.05) is 19.0 Å². The van der Waals surface area contributed by atoms with E-state index in [-0.39, 0.29) is 28.8 Å². The Hall–Kier alpha value is -2.91. The van der Waals surface area contributed by atoms with E-state index in [9.17, 15) is 18.0 Å². The smallest absolute Gasteiger partial charge is 0.251 e. The van der Waals surface area contributed by atoms with Crippen LogP contribution in [0.25, 0.3) is 0 Å². The number of carbonyl (C=O) groups excluding carboxylic acids is 2. The van der Waals surface area contributed by atoms with Crippen molar-refractivity contribution < 1.29 is 22.7 Å². The van der Waals surface area contributed by atoms with Gasteiger partial charge in [-0.1, -0.05) is 18.2 Å². The van der Waals surface area contributed by atoms with Crippen molar-refractivity contribution in [3.63, 3.8) is 0 Å². The summed E-state index contributed by atoms with van der Waals surface area (Å²) in [5, 5.41) is 5.11. The molecule has 0 spiro atoms. The number of amides is 2. The molecule has 0 bridgehead atoms. The van der Waals surface area contributed by atoms with Gasteiger partial charge in [0, 0.05) is 17.3 Å². The van der Waals surface area contributed by atoms with E-state index < -0.39 is 21.8 Å². The maximum absolute atomic E-state index is 12.5. The molecular weight excluding hydrogens is 382 g/mol. The minimum atomic E-state index is -3.86. The van der Waals surface area contributed by atoms with Crippen molar-refractivity contribution in [1.29, 1.82) is 0 Å². The van der Waals surface area contributed by atoms with Crippen LogP contribution in [-0.4, -0.2) is 39.9 Å². The van der Waals surface area contributed by atoms with E-state index >= 15 is 0 Å². The van der Waals surface area contributed by atoms with Gasteiger partial charge in [-0.2, -0.15) is 0 Å². The van der Waals surface area contributed by atoms with Gasteiger partial charge in [-0.25, -0.2) is 13.1 Å². The van der Waals surface area contributed by atoms with Crippen LogP contribution in [0.4, 0.5) is 5.69 Å². The maximum Gasteiger partial charge on any atom is 0.251 e. The number of nitrogens with one attached hydrogen (secondary N) is 3. The summed E-state index contributed by atoms with van der Waals surface area (Å²) in [6.45, 7) is 3.12. The lowest BCUT2D eigenvalue weighted by molar-refractivity contribution is -0.115. The van der Waals surface area contributed by atoms with Crippen LogP contribution in [0.1, 0.15) is 24.2 Å². The van der Waals surface area contributed by atoms with Gasteiger partial charge in [0.2, 0.25) is 15.9 Å². The molecule has 0 aliphatic rings. The zero-order valence-corrected chi connectivity index (χ0v) is 16.7. The molecule has 0 fully saturated rings. The Morgan fingerprint density at radius 2 is 1.75 bits per heavy atom. The van der Waals surface area contributed by atoms with E-state index in [4.69, 9.17) is 4.74 Å². The SMILES string of the molecule is COc1ccc(C(=O)NCC(=O)Nc2ccccc2)cc1S(=O)(=O)NC(C)C. The third-order valence-corrected chi connectivity index (χ3v) is 5.25. The summed E-state index contributed by atoms with van der Waals surface area (Å²) in [5.74, 6) is -0.860. The average Bonchev–Trinajstić information content (AvgIpc) is 2.65. The molecule has 2 aromatic rings. The summed E-state index contributed by atoms with van der Waals surface area (Å²) in [5.41, 5.74) is 0.705. The second-order valence-corrected chi connectivity index (χ2v) is 7.92. The summed E-state index contributed by atoms with van der Waals surface area (Å²) < 4.78 is 32.5. The molecule has 9 heteroatoms. The van der Waals surface area contributed by atoms with Gasteiger partial charge in [-0.3, -0.25) is 9.59 Å². The zero-order chi connectivity index (χ0) is 20.7. The fourth-order valence-corrected chi connectivity index (χ4v) is 3.84. The van der Waals surface area contributed by atoms with Gasteiger partial charge in [-0.05, 0) is 44.2 Å². The Morgan fingerprint density at radius 3 is 2.36 bits per heavy atom. The highest BCUT2D eigenvalue weighted by Crippen LogP contribution is 2.25. The van der Waals surface area contributed by atoms with Crippen molar-refractivity contribution in [2.45, 2.75) is 24.8 Å². The molecule has 2 amide bonds. The van der Waals surface area contributed by atoms with Crippen LogP contribution in [0.3, 0.4) is 0 Å². The average molecular weight is 405 g/mol. The van der Waals surface area contributed by atoms with E-state index in [0.29, 0.717) is 5.69 Å². The van der Waals surface area contributed by atoms with E-state index in [2.05, 4.69) is 15.4 Å². The Labute approximate surface area is 164 Å². The normalized spacial score (nSPS) is 11.1. The molecular formula is C19H23N3O5S. The Bertz CT molecular complexity index is 943. The molecule has 8 nitrogen and oxygen atoms in total. The second-order valence-electron chi connectivity index (χ2n) is 6.24. The van der Waals surface area contributed by atoms with E-state index in [0.717, 1.165) is 0 Å². The van der Waals surface area contributed by atoms with Crippen molar-refractivity contribution >= 4 is 27.5 Å². The van der Waals surface area contributed by atoms with Gasteiger partial charge in [0.05, 0.1) is 13.7 Å². The van der Waals surface area contributed by atoms with Gasteiger partial charge in [0.25, 0.3) is 5.91 Å². The van der Waals surface area contributed by atoms with E-state index in [1.54, 1.807) is 38.1 Å². The number of carbonyl (C=O) groups is 2. The predicted octanol–water partition coefficient (Wildman–Crippen LogP) is 1.75. The number of benzene rings is 2. The molecule has 150 valence electrons. The molecule has 0 aromatic heterocycles. The van der Waals surface area contributed by atoms with Crippen molar-refractivity contribution in [2.24, 2.45) is 0 Å². The lowest BCUT2D eigenvalue weighted by atomic mass is 10.2. The van der Waals surface area contributed by atoms with Crippen LogP contribution in [0.15, 0.2) is 53.4 Å². The van der Waals surface area contributed by atoms with Crippen molar-refractivity contribution in [1.82, 2.24) is 10.0 Å². The number of hydrogen-bond acceptors (Lipinski definition) is 5. The zero-order valence-electron chi connectivity index (χ0n) is 15.9. The molecule has 0 heterocycles. The summed E-state index contributed by atoms with van der Waals surface area (Å²) in [4.78, 5) is 24.2. The highest BCUT2D eigenvalue weighted by atomic mass is 32.2. The fraction of sp³-hybridized carbons (Fsp3) is 0.263. The molecule has 3 N–H and O–H groups in total. The first kappa shape index (κ1) is 21.4. The molecule has 0 unspecified atom stereocenters. The largest absolute Gasteiger partial charge is 0.495 e. The number of rotatable bonds is 8. The summed E-state index contributed by atoms with van der Waals surface area (Å²) in [6, 6.07) is 12.5. The Morgan fingerprint density at radius 1 is 1.07 bits per heavy atom. The molecule has 0 atom stereocenters. The highest BCUT2D eigenvalue weighted by molar-refractivity contribution is 7.89. The lowest BCUT2D eigenvalue weighted by Crippen LogP contribution is -2.33. The molecule has 0 saturated carbocycles. The molecule has 2 rings (SSSR count). The molecule has 0 saturated heterocycles. The number of methoxy groups -OCH3 is 1. The third-order valence-electron chi connectivity index (χ3n) is 3.57. The molecule has 0 radical (unpaired) electrons. The quantitative estimate of drug-likeness (QED) is 0.619. The van der Waals surface area contributed by atoms with Crippen LogP contribution in [0.2, 0.25) is 0 Å². The van der Waals surface area contributed by atoms with Crippen molar-refractivity contribution in [3.05, 3.63) is 54.1 Å². The van der Waals surface area contributed by atoms with Gasteiger partial charge in [-0.15, -0.1) is 0 Å². The molecule has 2 aromatic carbocycles. The standard InChI is InChI=1S/C19H23N3O5S/c1-13(2)22-28(25,26)17-11-14(9-10-16(17)27-3)19(24)20-12-18(23)21-15-7-5-4-6-8-15/h4-11,13,22H,12H2,1-3H3,(H,20,24)(H,21,23). The number of para-hydroxylation sites is 1. The minimum absolute atomic E-state index is 0.0949. The first-order valence-corrected chi connectivity index (χ1v) is 10.0. The van der Waals surface area contributed by atoms with Crippen molar-refractivity contribution in [3.8, 4) is 5.75 Å². The molecule has 0 aliphatic carbocycles.